The minimum Gasteiger partial charge on any atom is -0.272 e. The van der Waals surface area contributed by atoms with Gasteiger partial charge in [-0.2, -0.15) is 5.10 Å². The van der Waals surface area contributed by atoms with E-state index in [1.807, 2.05) is 104 Å². The molecule has 3 aromatic carbocycles. The highest BCUT2D eigenvalue weighted by Gasteiger charge is 2.21. The number of fused-ring (bicyclic) bond motifs is 1. The quantitative estimate of drug-likeness (QED) is 0.109. The van der Waals surface area contributed by atoms with Crippen LogP contribution in [0.15, 0.2) is 112 Å². The lowest BCUT2D eigenvalue weighted by molar-refractivity contribution is -0.118. The molecule has 1 N–H and O–H groups in total. The first kappa shape index (κ1) is 25.4. The van der Waals surface area contributed by atoms with Crippen molar-refractivity contribution in [2.75, 3.05) is 5.75 Å². The number of hydrazone groups is 1. The van der Waals surface area contributed by atoms with E-state index in [2.05, 4.69) is 10.5 Å². The average molecular weight is 537 g/mol. The molecule has 188 valence electrons. The zero-order valence-electron chi connectivity index (χ0n) is 20.6. The number of carbonyl (C=O) groups excluding carboxylic acids is 1. The summed E-state index contributed by atoms with van der Waals surface area (Å²) in [5.41, 5.74) is 6.00. The van der Waals surface area contributed by atoms with Crippen LogP contribution in [0, 0.1) is 6.92 Å². The molecule has 0 aliphatic carbocycles. The first-order valence-electron chi connectivity index (χ1n) is 12.0. The molecular weight excluding hydrogens is 512 g/mol. The average Bonchev–Trinajstić information content (AvgIpc) is 3.29. The zero-order valence-corrected chi connectivity index (χ0v) is 22.2. The number of amides is 1. The second kappa shape index (κ2) is 11.9. The third-order valence-corrected chi connectivity index (χ3v) is 7.66. The molecule has 0 saturated heterocycles. The minimum atomic E-state index is -0.291. The summed E-state index contributed by atoms with van der Waals surface area (Å²) in [5.74, 6) is -0.235. The van der Waals surface area contributed by atoms with Gasteiger partial charge in [-0.25, -0.2) is 10.4 Å². The fourth-order valence-electron chi connectivity index (χ4n) is 4.03. The van der Waals surface area contributed by atoms with Crippen molar-refractivity contribution in [2.24, 2.45) is 5.10 Å². The topological polar surface area (TPSA) is 76.3 Å². The van der Waals surface area contributed by atoms with Crippen LogP contribution in [0.2, 0.25) is 0 Å². The molecule has 1 amide bonds. The number of aromatic nitrogens is 2. The normalized spacial score (nSPS) is 11.5. The van der Waals surface area contributed by atoms with Crippen molar-refractivity contribution in [3.8, 4) is 16.8 Å². The molecule has 0 spiro atoms. The van der Waals surface area contributed by atoms with Crippen molar-refractivity contribution < 1.29 is 4.79 Å². The Labute approximate surface area is 228 Å². The highest BCUT2D eigenvalue weighted by atomic mass is 32.2. The van der Waals surface area contributed by atoms with E-state index in [1.165, 1.54) is 29.3 Å². The molecule has 0 unspecified atom stereocenters. The molecule has 6 nitrogen and oxygen atoms in total. The van der Waals surface area contributed by atoms with Gasteiger partial charge in [-0.05, 0) is 36.3 Å². The largest absolute Gasteiger partial charge is 0.272 e. The van der Waals surface area contributed by atoms with Gasteiger partial charge in [-0.1, -0.05) is 96.7 Å². The van der Waals surface area contributed by atoms with Crippen LogP contribution in [0.5, 0.6) is 0 Å². The Bertz CT molecular complexity index is 1680. The number of rotatable bonds is 8. The van der Waals surface area contributed by atoms with Crippen LogP contribution in [0.25, 0.3) is 33.1 Å². The number of benzene rings is 3. The number of allylic oxidation sites excluding steroid dienone is 1. The van der Waals surface area contributed by atoms with E-state index in [9.17, 15) is 9.59 Å². The number of thiophene rings is 1. The van der Waals surface area contributed by atoms with Gasteiger partial charge in [0.1, 0.15) is 4.83 Å². The number of hydrogen-bond acceptors (Lipinski definition) is 6. The molecule has 2 aromatic heterocycles. The highest BCUT2D eigenvalue weighted by molar-refractivity contribution is 7.99. The Kier molecular flexibility index (Phi) is 7.92. The summed E-state index contributed by atoms with van der Waals surface area (Å²) >= 11 is 2.69. The van der Waals surface area contributed by atoms with E-state index in [4.69, 9.17) is 4.98 Å². The predicted octanol–water partition coefficient (Wildman–Crippen LogP) is 6.33. The maximum Gasteiger partial charge on any atom is 0.268 e. The van der Waals surface area contributed by atoms with E-state index in [0.29, 0.717) is 21.1 Å². The van der Waals surface area contributed by atoms with Crippen LogP contribution in [0.1, 0.15) is 10.4 Å². The summed E-state index contributed by atoms with van der Waals surface area (Å²) in [4.78, 5) is 33.0. The van der Waals surface area contributed by atoms with Gasteiger partial charge in [-0.15, -0.1) is 11.3 Å². The van der Waals surface area contributed by atoms with Crippen LogP contribution in [-0.2, 0) is 4.79 Å². The molecular formula is C30H24N4O2S2. The fourth-order valence-corrected chi connectivity index (χ4v) is 5.92. The molecule has 0 atom stereocenters. The number of para-hydroxylation sites is 1. The van der Waals surface area contributed by atoms with Gasteiger partial charge in [0, 0.05) is 16.7 Å². The Morgan fingerprint density at radius 3 is 2.37 bits per heavy atom. The molecule has 0 aliphatic heterocycles. The number of nitrogens with one attached hydrogen (secondary N) is 1. The van der Waals surface area contributed by atoms with E-state index in [1.54, 1.807) is 10.6 Å². The summed E-state index contributed by atoms with van der Waals surface area (Å²) in [6.45, 7) is 2.01. The van der Waals surface area contributed by atoms with E-state index in [0.717, 1.165) is 21.6 Å². The fraction of sp³-hybridized carbons (Fsp3) is 0.0667. The summed E-state index contributed by atoms with van der Waals surface area (Å²) in [7, 11) is 0. The van der Waals surface area contributed by atoms with Crippen molar-refractivity contribution in [3.05, 3.63) is 118 Å². The van der Waals surface area contributed by atoms with Gasteiger partial charge in [0.15, 0.2) is 5.16 Å². The van der Waals surface area contributed by atoms with Crippen LogP contribution in [0.4, 0.5) is 0 Å². The predicted molar refractivity (Wildman–Crippen MR) is 158 cm³/mol. The summed E-state index contributed by atoms with van der Waals surface area (Å²) in [6, 6.07) is 29.1. The molecule has 5 aromatic rings. The number of thioether (sulfide) groups is 1. The zero-order chi connectivity index (χ0) is 26.3. The van der Waals surface area contributed by atoms with Crippen LogP contribution < -0.4 is 11.0 Å². The lowest BCUT2D eigenvalue weighted by Gasteiger charge is -2.12. The van der Waals surface area contributed by atoms with Gasteiger partial charge in [0.2, 0.25) is 0 Å². The monoisotopic (exact) mass is 536 g/mol. The summed E-state index contributed by atoms with van der Waals surface area (Å²) in [6.07, 6.45) is 5.18. The van der Waals surface area contributed by atoms with Crippen molar-refractivity contribution in [2.45, 2.75) is 12.1 Å². The molecule has 2 heterocycles. The molecule has 0 aliphatic rings. The summed E-state index contributed by atoms with van der Waals surface area (Å²) < 4.78 is 1.59. The minimum absolute atomic E-state index is 0.0560. The third-order valence-electron chi connectivity index (χ3n) is 5.72. The number of carbonyl (C=O) groups is 1. The number of nitrogens with zero attached hydrogens (tertiary/aromatic N) is 3. The SMILES string of the molecule is Cc1sc2nc(SCC(=O)N/N=C/C=C/c3ccccc3)n(-c3ccccc3)c(=O)c2c1-c1ccccc1. The molecule has 38 heavy (non-hydrogen) atoms. The Morgan fingerprint density at radius 2 is 1.66 bits per heavy atom. The lowest BCUT2D eigenvalue weighted by atomic mass is 10.0. The van der Waals surface area contributed by atoms with Crippen molar-refractivity contribution in [3.63, 3.8) is 0 Å². The first-order valence-corrected chi connectivity index (χ1v) is 13.8. The lowest BCUT2D eigenvalue weighted by Crippen LogP contribution is -2.23. The molecule has 0 fully saturated rings. The van der Waals surface area contributed by atoms with Crippen molar-refractivity contribution in [1.82, 2.24) is 15.0 Å². The van der Waals surface area contributed by atoms with E-state index >= 15 is 0 Å². The Hall–Kier alpha value is -4.27. The summed E-state index contributed by atoms with van der Waals surface area (Å²) in [5, 5.41) is 5.03. The Morgan fingerprint density at radius 1 is 1.00 bits per heavy atom. The molecule has 5 rings (SSSR count). The van der Waals surface area contributed by atoms with Crippen molar-refractivity contribution >= 4 is 51.5 Å². The molecule has 8 heteroatoms. The Balaban J connectivity index is 1.41. The maximum atomic E-state index is 13.9. The van der Waals surface area contributed by atoms with Gasteiger partial charge in [0.25, 0.3) is 11.5 Å². The van der Waals surface area contributed by atoms with Gasteiger partial charge in [-0.3, -0.25) is 14.2 Å². The smallest absolute Gasteiger partial charge is 0.268 e. The van der Waals surface area contributed by atoms with E-state index < -0.39 is 0 Å². The number of aryl methyl sites for hydroxylation is 1. The molecule has 0 radical (unpaired) electrons. The van der Waals surface area contributed by atoms with Crippen LogP contribution in [0.3, 0.4) is 0 Å². The standard InChI is InChI=1S/C30H24N4O2S2/c1-21-26(23-15-7-3-8-16-23)27-28(38-21)32-30(34(29(27)36)24-17-9-4-10-18-24)37-20-25(35)33-31-19-11-14-22-12-5-2-6-13-22/h2-19H,20H2,1H3,(H,33,35)/b14-11+,31-19+. The number of hydrogen-bond donors (Lipinski definition) is 1. The van der Waals surface area contributed by atoms with Crippen molar-refractivity contribution in [1.29, 1.82) is 0 Å². The first-order chi connectivity index (χ1) is 18.6. The van der Waals surface area contributed by atoms with Gasteiger partial charge >= 0.3 is 0 Å². The van der Waals surface area contributed by atoms with Gasteiger partial charge in [0.05, 0.1) is 16.8 Å². The van der Waals surface area contributed by atoms with E-state index in [-0.39, 0.29) is 17.2 Å². The maximum absolute atomic E-state index is 13.9. The molecule has 0 bridgehead atoms. The van der Waals surface area contributed by atoms with Crippen LogP contribution >= 0.6 is 23.1 Å². The van der Waals surface area contributed by atoms with Gasteiger partial charge < -0.3 is 0 Å². The van der Waals surface area contributed by atoms with Crippen LogP contribution in [-0.4, -0.2) is 27.4 Å². The second-order valence-corrected chi connectivity index (χ2v) is 10.5. The molecule has 0 saturated carbocycles. The highest BCUT2D eigenvalue weighted by Crippen LogP contribution is 2.36. The second-order valence-electron chi connectivity index (χ2n) is 8.32. The third kappa shape index (κ3) is 5.66.